The van der Waals surface area contributed by atoms with Crippen molar-refractivity contribution in [2.75, 3.05) is 5.33 Å². The lowest BCUT2D eigenvalue weighted by Gasteiger charge is -2.45. The molecule has 1 unspecified atom stereocenters. The van der Waals surface area contributed by atoms with Crippen molar-refractivity contribution in [2.45, 2.75) is 39.5 Å². The molecule has 0 heterocycles. The van der Waals surface area contributed by atoms with Crippen LogP contribution in [-0.2, 0) is 0 Å². The summed E-state index contributed by atoms with van der Waals surface area (Å²) < 4.78 is 0. The SMILES string of the molecule is CCC(C)C1(CBr)CCC1. The highest BCUT2D eigenvalue weighted by Crippen LogP contribution is 2.49. The summed E-state index contributed by atoms with van der Waals surface area (Å²) in [6.07, 6.45) is 5.70. The average Bonchev–Trinajstić information content (AvgIpc) is 1.86. The zero-order valence-corrected chi connectivity index (χ0v) is 8.58. The molecule has 0 amide bonds. The Hall–Kier alpha value is 0.480. The predicted molar refractivity (Wildman–Crippen MR) is 49.5 cm³/mol. The van der Waals surface area contributed by atoms with E-state index in [9.17, 15) is 0 Å². The molecule has 0 saturated heterocycles. The van der Waals surface area contributed by atoms with Crippen molar-refractivity contribution in [1.82, 2.24) is 0 Å². The molecule has 1 aliphatic rings. The van der Waals surface area contributed by atoms with Crippen LogP contribution in [0.15, 0.2) is 0 Å². The average molecular weight is 205 g/mol. The van der Waals surface area contributed by atoms with Crippen molar-refractivity contribution in [3.63, 3.8) is 0 Å². The molecule has 1 fully saturated rings. The van der Waals surface area contributed by atoms with Crippen molar-refractivity contribution < 1.29 is 0 Å². The van der Waals surface area contributed by atoms with Gasteiger partial charge in [0.25, 0.3) is 0 Å². The van der Waals surface area contributed by atoms with Gasteiger partial charge in [-0.3, -0.25) is 0 Å². The summed E-state index contributed by atoms with van der Waals surface area (Å²) >= 11 is 3.62. The van der Waals surface area contributed by atoms with Gasteiger partial charge in [-0.2, -0.15) is 0 Å². The maximum absolute atomic E-state index is 3.62. The minimum absolute atomic E-state index is 0.689. The molecule has 0 nitrogen and oxygen atoms in total. The van der Waals surface area contributed by atoms with Crippen LogP contribution in [0, 0.1) is 11.3 Å². The molecule has 1 atom stereocenters. The van der Waals surface area contributed by atoms with Gasteiger partial charge in [-0.05, 0) is 24.2 Å². The Labute approximate surface area is 72.5 Å². The quantitative estimate of drug-likeness (QED) is 0.617. The van der Waals surface area contributed by atoms with Crippen molar-refractivity contribution in [3.8, 4) is 0 Å². The first-order chi connectivity index (χ1) is 4.75. The molecule has 0 bridgehead atoms. The lowest BCUT2D eigenvalue weighted by Crippen LogP contribution is -2.37. The molecule has 1 aliphatic carbocycles. The van der Waals surface area contributed by atoms with Gasteiger partial charge < -0.3 is 0 Å². The summed E-state index contributed by atoms with van der Waals surface area (Å²) in [7, 11) is 0. The Bertz CT molecular complexity index is 99.8. The molecular formula is C9H17Br. The van der Waals surface area contributed by atoms with Gasteiger partial charge in [0, 0.05) is 5.33 Å². The molecule has 10 heavy (non-hydrogen) atoms. The molecule has 60 valence electrons. The summed E-state index contributed by atoms with van der Waals surface area (Å²) in [4.78, 5) is 0. The van der Waals surface area contributed by atoms with Crippen LogP contribution in [0.4, 0.5) is 0 Å². The molecular weight excluding hydrogens is 188 g/mol. The zero-order chi connectivity index (χ0) is 7.61. The van der Waals surface area contributed by atoms with Crippen LogP contribution in [-0.4, -0.2) is 5.33 Å². The number of halogens is 1. The maximum Gasteiger partial charge on any atom is 0.00905 e. The summed E-state index contributed by atoms with van der Waals surface area (Å²) in [6, 6.07) is 0. The van der Waals surface area contributed by atoms with Gasteiger partial charge >= 0.3 is 0 Å². The first-order valence-electron chi connectivity index (χ1n) is 4.31. The molecule has 0 aromatic heterocycles. The third-order valence-corrected chi connectivity index (χ3v) is 4.39. The third kappa shape index (κ3) is 1.25. The van der Waals surface area contributed by atoms with Crippen LogP contribution in [0.25, 0.3) is 0 Å². The van der Waals surface area contributed by atoms with Crippen LogP contribution in [0.5, 0.6) is 0 Å². The highest BCUT2D eigenvalue weighted by atomic mass is 79.9. The van der Waals surface area contributed by atoms with Crippen molar-refractivity contribution >= 4 is 15.9 Å². The standard InChI is InChI=1S/C9H17Br/c1-3-8(2)9(7-10)5-4-6-9/h8H,3-7H2,1-2H3. The fourth-order valence-electron chi connectivity index (χ4n) is 1.82. The van der Waals surface area contributed by atoms with Crippen molar-refractivity contribution in [1.29, 1.82) is 0 Å². The Balaban J connectivity index is 2.46. The second-order valence-electron chi connectivity index (χ2n) is 3.66. The number of hydrogen-bond donors (Lipinski definition) is 0. The van der Waals surface area contributed by atoms with Crippen LogP contribution in [0.1, 0.15) is 39.5 Å². The normalized spacial score (nSPS) is 25.5. The van der Waals surface area contributed by atoms with Crippen LogP contribution < -0.4 is 0 Å². The molecule has 0 aromatic carbocycles. The molecule has 1 heteroatoms. The Morgan fingerprint density at radius 3 is 2.20 bits per heavy atom. The van der Waals surface area contributed by atoms with Gasteiger partial charge in [0.2, 0.25) is 0 Å². The molecule has 1 rings (SSSR count). The molecule has 0 aromatic rings. The molecule has 0 spiro atoms. The van der Waals surface area contributed by atoms with E-state index in [0.717, 1.165) is 5.92 Å². The van der Waals surface area contributed by atoms with E-state index in [1.165, 1.54) is 31.0 Å². The highest BCUT2D eigenvalue weighted by Gasteiger charge is 2.39. The van der Waals surface area contributed by atoms with Gasteiger partial charge in [-0.25, -0.2) is 0 Å². The fourth-order valence-corrected chi connectivity index (χ4v) is 2.94. The Morgan fingerprint density at radius 2 is 2.10 bits per heavy atom. The summed E-state index contributed by atoms with van der Waals surface area (Å²) in [6.45, 7) is 4.69. The summed E-state index contributed by atoms with van der Waals surface area (Å²) in [5.74, 6) is 0.917. The third-order valence-electron chi connectivity index (χ3n) is 3.27. The van der Waals surface area contributed by atoms with Gasteiger partial charge in [0.05, 0.1) is 0 Å². The molecule has 0 N–H and O–H groups in total. The van der Waals surface area contributed by atoms with E-state index in [4.69, 9.17) is 0 Å². The topological polar surface area (TPSA) is 0 Å². The first-order valence-corrected chi connectivity index (χ1v) is 5.43. The molecule has 0 radical (unpaired) electrons. The smallest absolute Gasteiger partial charge is 0.00905 e. The zero-order valence-electron chi connectivity index (χ0n) is 6.99. The second kappa shape index (κ2) is 3.25. The van der Waals surface area contributed by atoms with Crippen LogP contribution >= 0.6 is 15.9 Å². The highest BCUT2D eigenvalue weighted by molar-refractivity contribution is 9.09. The molecule has 0 aliphatic heterocycles. The van der Waals surface area contributed by atoms with Gasteiger partial charge in [0.15, 0.2) is 0 Å². The number of rotatable bonds is 3. The van der Waals surface area contributed by atoms with E-state index in [0.29, 0.717) is 5.41 Å². The first kappa shape index (κ1) is 8.58. The van der Waals surface area contributed by atoms with Crippen LogP contribution in [0.2, 0.25) is 0 Å². The minimum atomic E-state index is 0.689. The predicted octanol–water partition coefficient (Wildman–Crippen LogP) is 3.60. The maximum atomic E-state index is 3.62. The van der Waals surface area contributed by atoms with Crippen LogP contribution in [0.3, 0.4) is 0 Å². The van der Waals surface area contributed by atoms with E-state index in [-0.39, 0.29) is 0 Å². The Kier molecular flexibility index (Phi) is 2.79. The van der Waals surface area contributed by atoms with Crippen molar-refractivity contribution in [3.05, 3.63) is 0 Å². The van der Waals surface area contributed by atoms with Crippen molar-refractivity contribution in [2.24, 2.45) is 11.3 Å². The molecule has 1 saturated carbocycles. The number of alkyl halides is 1. The fraction of sp³-hybridized carbons (Fsp3) is 1.00. The minimum Gasteiger partial charge on any atom is -0.0922 e. The number of hydrogen-bond acceptors (Lipinski definition) is 0. The summed E-state index contributed by atoms with van der Waals surface area (Å²) in [5.41, 5.74) is 0.689. The van der Waals surface area contributed by atoms with Gasteiger partial charge in [0.1, 0.15) is 0 Å². The van der Waals surface area contributed by atoms with Gasteiger partial charge in [-0.15, -0.1) is 0 Å². The lowest BCUT2D eigenvalue weighted by molar-refractivity contribution is 0.0874. The van der Waals surface area contributed by atoms with Gasteiger partial charge in [-0.1, -0.05) is 42.6 Å². The Morgan fingerprint density at radius 1 is 1.50 bits per heavy atom. The van der Waals surface area contributed by atoms with E-state index >= 15 is 0 Å². The lowest BCUT2D eigenvalue weighted by atomic mass is 9.62. The largest absolute Gasteiger partial charge is 0.0922 e. The monoisotopic (exact) mass is 204 g/mol. The van der Waals surface area contributed by atoms with E-state index < -0.39 is 0 Å². The summed E-state index contributed by atoms with van der Waals surface area (Å²) in [5, 5.41) is 1.22. The van der Waals surface area contributed by atoms with E-state index in [1.54, 1.807) is 0 Å². The van der Waals surface area contributed by atoms with E-state index in [2.05, 4.69) is 29.8 Å². The second-order valence-corrected chi connectivity index (χ2v) is 4.22. The van der Waals surface area contributed by atoms with E-state index in [1.807, 2.05) is 0 Å².